The summed E-state index contributed by atoms with van der Waals surface area (Å²) in [6.07, 6.45) is 2.31. The van der Waals surface area contributed by atoms with Crippen LogP contribution in [-0.2, 0) is 0 Å². The number of nitrogens with zero attached hydrogens (tertiary/aromatic N) is 1. The molecule has 1 heterocycles. The molecular weight excluding hydrogens is 262 g/mol. The molecule has 1 fully saturated rings. The first-order chi connectivity index (χ1) is 6.77. The highest BCUT2D eigenvalue weighted by Crippen LogP contribution is 2.37. The van der Waals surface area contributed by atoms with E-state index in [0.29, 0.717) is 6.04 Å². The quantitative estimate of drug-likeness (QED) is 0.780. The minimum atomic E-state index is 0.167. The smallest absolute Gasteiger partial charge is 0.268 e. The molecule has 0 saturated heterocycles. The maximum atomic E-state index is 12.0. The van der Waals surface area contributed by atoms with Crippen LogP contribution in [0.5, 0.6) is 0 Å². The number of rotatable bonds is 1. The van der Waals surface area contributed by atoms with Crippen LogP contribution in [0.3, 0.4) is 0 Å². The Morgan fingerprint density at radius 1 is 1.43 bits per heavy atom. The molecule has 4 heteroatoms. The summed E-state index contributed by atoms with van der Waals surface area (Å²) in [6, 6.07) is 6.38. The van der Waals surface area contributed by atoms with Gasteiger partial charge in [-0.3, -0.25) is 8.75 Å². The van der Waals surface area contributed by atoms with E-state index in [-0.39, 0.29) is 5.56 Å². The van der Waals surface area contributed by atoms with E-state index >= 15 is 0 Å². The van der Waals surface area contributed by atoms with Gasteiger partial charge in [0.15, 0.2) is 0 Å². The third-order valence-corrected chi connectivity index (χ3v) is 4.32. The maximum Gasteiger partial charge on any atom is 0.269 e. The Morgan fingerprint density at radius 3 is 2.86 bits per heavy atom. The molecule has 0 atom stereocenters. The van der Waals surface area contributed by atoms with Crippen molar-refractivity contribution in [2.75, 3.05) is 0 Å². The van der Waals surface area contributed by atoms with Gasteiger partial charge in [-0.15, -0.1) is 0 Å². The number of hydrogen-bond donors (Lipinski definition) is 0. The second-order valence-corrected chi connectivity index (χ2v) is 5.44. The first kappa shape index (κ1) is 8.68. The predicted octanol–water partition coefficient (Wildman–Crippen LogP) is 3.16. The van der Waals surface area contributed by atoms with Gasteiger partial charge in [0.2, 0.25) is 0 Å². The van der Waals surface area contributed by atoms with Crippen LogP contribution < -0.4 is 5.56 Å². The Labute approximate surface area is 93.4 Å². The molecule has 1 saturated carbocycles. The lowest BCUT2D eigenvalue weighted by atomic mass is 10.3. The van der Waals surface area contributed by atoms with Crippen molar-refractivity contribution in [2.45, 2.75) is 18.9 Å². The molecule has 72 valence electrons. The molecule has 0 unspecified atom stereocenters. The van der Waals surface area contributed by atoms with Gasteiger partial charge in [0.1, 0.15) is 0 Å². The summed E-state index contributed by atoms with van der Waals surface area (Å²) >= 11 is 5.01. The molecule has 2 nitrogen and oxygen atoms in total. The number of halogens is 1. The number of fused-ring (bicyclic) bond motifs is 1. The first-order valence-corrected chi connectivity index (χ1v) is 6.14. The van der Waals surface area contributed by atoms with Crippen LogP contribution in [-0.4, -0.2) is 3.96 Å². The van der Waals surface area contributed by atoms with Crippen LogP contribution in [0.15, 0.2) is 27.5 Å². The van der Waals surface area contributed by atoms with Crippen LogP contribution in [0.2, 0.25) is 0 Å². The standard InChI is InChI=1S/C10H8BrNOS/c11-7-2-1-3-8-9(7)10(13)12(14-8)6-4-5-6/h1-3,6H,4-5H2. The molecule has 0 N–H and O–H groups in total. The molecule has 3 rings (SSSR count). The summed E-state index contributed by atoms with van der Waals surface area (Å²) in [7, 11) is 0. The molecule has 0 amide bonds. The largest absolute Gasteiger partial charge is 0.269 e. The molecule has 0 radical (unpaired) electrons. The van der Waals surface area contributed by atoms with Gasteiger partial charge in [-0.25, -0.2) is 0 Å². The first-order valence-electron chi connectivity index (χ1n) is 4.57. The molecule has 0 aliphatic heterocycles. The third-order valence-electron chi connectivity index (χ3n) is 2.46. The fourth-order valence-electron chi connectivity index (χ4n) is 1.59. The van der Waals surface area contributed by atoms with Crippen molar-refractivity contribution in [1.29, 1.82) is 0 Å². The van der Waals surface area contributed by atoms with Crippen LogP contribution in [0.4, 0.5) is 0 Å². The molecule has 0 bridgehead atoms. The van der Waals surface area contributed by atoms with E-state index in [0.717, 1.165) is 27.4 Å². The van der Waals surface area contributed by atoms with E-state index in [1.165, 1.54) is 0 Å². The maximum absolute atomic E-state index is 12.0. The second kappa shape index (κ2) is 2.94. The zero-order valence-electron chi connectivity index (χ0n) is 7.37. The van der Waals surface area contributed by atoms with E-state index < -0.39 is 0 Å². The molecular formula is C10H8BrNOS. The van der Waals surface area contributed by atoms with Gasteiger partial charge >= 0.3 is 0 Å². The Hall–Kier alpha value is -0.610. The van der Waals surface area contributed by atoms with Crippen molar-refractivity contribution in [3.8, 4) is 0 Å². The monoisotopic (exact) mass is 269 g/mol. The lowest BCUT2D eigenvalue weighted by Crippen LogP contribution is -2.11. The fraction of sp³-hybridized carbons (Fsp3) is 0.300. The number of aromatic nitrogens is 1. The van der Waals surface area contributed by atoms with Gasteiger partial charge in [-0.1, -0.05) is 17.6 Å². The highest BCUT2D eigenvalue weighted by Gasteiger charge is 2.27. The second-order valence-electron chi connectivity index (χ2n) is 3.57. The predicted molar refractivity (Wildman–Crippen MR) is 62.1 cm³/mol. The van der Waals surface area contributed by atoms with E-state index in [2.05, 4.69) is 15.9 Å². The van der Waals surface area contributed by atoms with Gasteiger partial charge in [-0.2, -0.15) is 0 Å². The number of hydrogen-bond acceptors (Lipinski definition) is 2. The summed E-state index contributed by atoms with van der Waals surface area (Å²) < 4.78 is 3.90. The molecule has 1 aliphatic carbocycles. The molecule has 1 aromatic carbocycles. The Morgan fingerprint density at radius 2 is 2.21 bits per heavy atom. The van der Waals surface area contributed by atoms with Gasteiger partial charge in [-0.05, 0) is 40.9 Å². The average Bonchev–Trinajstić information content (AvgIpc) is 2.93. The SMILES string of the molecule is O=c1c2c(Br)cccc2sn1C1CC1. The van der Waals surface area contributed by atoms with Crippen LogP contribution in [0, 0.1) is 0 Å². The van der Waals surface area contributed by atoms with Gasteiger partial charge < -0.3 is 0 Å². The Kier molecular flexibility index (Phi) is 1.82. The molecule has 1 aromatic heterocycles. The fourth-order valence-corrected chi connectivity index (χ4v) is 3.44. The van der Waals surface area contributed by atoms with Crippen molar-refractivity contribution in [3.05, 3.63) is 33.0 Å². The molecule has 2 aromatic rings. The van der Waals surface area contributed by atoms with Gasteiger partial charge in [0.25, 0.3) is 5.56 Å². The summed E-state index contributed by atoms with van der Waals surface area (Å²) in [5.41, 5.74) is 0.167. The minimum Gasteiger partial charge on any atom is -0.268 e. The highest BCUT2D eigenvalue weighted by atomic mass is 79.9. The van der Waals surface area contributed by atoms with E-state index in [1.54, 1.807) is 11.5 Å². The van der Waals surface area contributed by atoms with Crippen LogP contribution in [0.25, 0.3) is 10.1 Å². The van der Waals surface area contributed by atoms with Crippen LogP contribution >= 0.6 is 27.5 Å². The third kappa shape index (κ3) is 1.17. The summed E-state index contributed by atoms with van der Waals surface area (Å²) in [5, 5.41) is 0.837. The van der Waals surface area contributed by atoms with Crippen molar-refractivity contribution < 1.29 is 0 Å². The Balaban J connectivity index is 2.40. The lowest BCUT2D eigenvalue weighted by molar-refractivity contribution is 0.793. The zero-order chi connectivity index (χ0) is 9.71. The van der Waals surface area contributed by atoms with Crippen LogP contribution in [0.1, 0.15) is 18.9 Å². The Bertz CT molecular complexity index is 553. The van der Waals surface area contributed by atoms with Crippen molar-refractivity contribution >= 4 is 37.5 Å². The topological polar surface area (TPSA) is 22.0 Å². The normalized spacial score (nSPS) is 16.4. The van der Waals surface area contributed by atoms with E-state index in [1.807, 2.05) is 22.2 Å². The summed E-state index contributed by atoms with van der Waals surface area (Å²) in [5.74, 6) is 0. The van der Waals surface area contributed by atoms with Gasteiger partial charge in [0.05, 0.1) is 10.1 Å². The van der Waals surface area contributed by atoms with Crippen molar-refractivity contribution in [1.82, 2.24) is 3.96 Å². The van der Waals surface area contributed by atoms with Crippen molar-refractivity contribution in [2.24, 2.45) is 0 Å². The van der Waals surface area contributed by atoms with E-state index in [9.17, 15) is 4.79 Å². The minimum absolute atomic E-state index is 0.167. The molecule has 14 heavy (non-hydrogen) atoms. The number of benzene rings is 1. The van der Waals surface area contributed by atoms with E-state index in [4.69, 9.17) is 0 Å². The molecule has 0 spiro atoms. The molecule has 1 aliphatic rings. The average molecular weight is 270 g/mol. The van der Waals surface area contributed by atoms with Gasteiger partial charge in [0, 0.05) is 10.5 Å². The summed E-state index contributed by atoms with van der Waals surface area (Å²) in [6.45, 7) is 0. The van der Waals surface area contributed by atoms with Crippen molar-refractivity contribution in [3.63, 3.8) is 0 Å². The lowest BCUT2D eigenvalue weighted by Gasteiger charge is -1.91. The zero-order valence-corrected chi connectivity index (χ0v) is 9.77. The summed E-state index contributed by atoms with van der Waals surface area (Å²) in [4.78, 5) is 12.0. The highest BCUT2D eigenvalue weighted by molar-refractivity contribution is 9.10.